The molecule has 0 bridgehead atoms. The predicted octanol–water partition coefficient (Wildman–Crippen LogP) is 2.30. The first-order valence-electron chi connectivity index (χ1n) is 6.22. The molecule has 1 aromatic rings. The second-order valence-electron chi connectivity index (χ2n) is 4.13. The average molecular weight is 237 g/mol. The van der Waals surface area contributed by atoms with Crippen molar-refractivity contribution in [1.82, 2.24) is 0 Å². The summed E-state index contributed by atoms with van der Waals surface area (Å²) in [5.41, 5.74) is 8.10. The minimum atomic E-state index is 0.419. The molecule has 1 unspecified atom stereocenters. The number of rotatable bonds is 8. The van der Waals surface area contributed by atoms with E-state index in [1.54, 1.807) is 0 Å². The van der Waals surface area contributed by atoms with Crippen molar-refractivity contribution >= 4 is 0 Å². The smallest absolute Gasteiger partial charge is 0.0718 e. The summed E-state index contributed by atoms with van der Waals surface area (Å²) < 4.78 is 10.7. The van der Waals surface area contributed by atoms with E-state index >= 15 is 0 Å². The number of hydrogen-bond donors (Lipinski definition) is 1. The van der Waals surface area contributed by atoms with Crippen molar-refractivity contribution in [2.45, 2.75) is 26.4 Å². The number of nitrogens with two attached hydrogens (primary N) is 1. The Balaban J connectivity index is 2.30. The molecule has 0 radical (unpaired) electrons. The minimum absolute atomic E-state index is 0.419. The fourth-order valence-electron chi connectivity index (χ4n) is 1.53. The largest absolute Gasteiger partial charge is 0.379 e. The Bertz CT molecular complexity index is 298. The van der Waals surface area contributed by atoms with Crippen molar-refractivity contribution in [2.75, 3.05) is 26.4 Å². The molecule has 0 aromatic heterocycles. The molecular formula is C14H23NO2. The monoisotopic (exact) mass is 237 g/mol. The number of ether oxygens (including phenoxy) is 2. The first-order chi connectivity index (χ1) is 8.27. The predicted molar refractivity (Wildman–Crippen MR) is 70.1 cm³/mol. The molecule has 0 fully saturated rings. The van der Waals surface area contributed by atoms with E-state index in [1.165, 1.54) is 11.1 Å². The van der Waals surface area contributed by atoms with Crippen LogP contribution < -0.4 is 5.73 Å². The van der Waals surface area contributed by atoms with Gasteiger partial charge < -0.3 is 15.2 Å². The van der Waals surface area contributed by atoms with Gasteiger partial charge in [0.25, 0.3) is 0 Å². The molecule has 96 valence electrons. The third-order valence-electron chi connectivity index (χ3n) is 2.75. The van der Waals surface area contributed by atoms with Gasteiger partial charge in [-0.1, -0.05) is 31.2 Å². The Kier molecular flexibility index (Phi) is 6.86. The summed E-state index contributed by atoms with van der Waals surface area (Å²) in [5, 5.41) is 0. The van der Waals surface area contributed by atoms with Gasteiger partial charge in [-0.25, -0.2) is 0 Å². The molecule has 2 N–H and O–H groups in total. The molecular weight excluding hydrogens is 214 g/mol. The average Bonchev–Trinajstić information content (AvgIpc) is 2.38. The molecule has 0 aliphatic carbocycles. The summed E-state index contributed by atoms with van der Waals surface area (Å²) in [6, 6.07) is 8.45. The van der Waals surface area contributed by atoms with Gasteiger partial charge in [-0.2, -0.15) is 0 Å². The van der Waals surface area contributed by atoms with Gasteiger partial charge in [-0.05, 0) is 30.5 Å². The zero-order valence-electron chi connectivity index (χ0n) is 10.8. The SMILES string of the molecule is CCOCCOCc1ccc(C(C)CN)cc1. The summed E-state index contributed by atoms with van der Waals surface area (Å²) in [6.07, 6.45) is 0. The quantitative estimate of drug-likeness (QED) is 0.706. The van der Waals surface area contributed by atoms with Gasteiger partial charge >= 0.3 is 0 Å². The second kappa shape index (κ2) is 8.23. The minimum Gasteiger partial charge on any atom is -0.379 e. The Hall–Kier alpha value is -0.900. The molecule has 1 atom stereocenters. The summed E-state index contributed by atoms with van der Waals surface area (Å²) in [6.45, 7) is 7.50. The zero-order chi connectivity index (χ0) is 12.5. The first kappa shape index (κ1) is 14.2. The van der Waals surface area contributed by atoms with Crippen molar-refractivity contribution in [3.63, 3.8) is 0 Å². The van der Waals surface area contributed by atoms with E-state index in [-0.39, 0.29) is 0 Å². The molecule has 0 spiro atoms. The Morgan fingerprint density at radius 3 is 2.35 bits per heavy atom. The fourth-order valence-corrected chi connectivity index (χ4v) is 1.53. The van der Waals surface area contributed by atoms with Crippen molar-refractivity contribution < 1.29 is 9.47 Å². The van der Waals surface area contributed by atoms with Crippen LogP contribution in [-0.2, 0) is 16.1 Å². The molecule has 1 rings (SSSR count). The van der Waals surface area contributed by atoms with Gasteiger partial charge in [0.15, 0.2) is 0 Å². The molecule has 0 aliphatic rings. The number of benzene rings is 1. The lowest BCUT2D eigenvalue weighted by molar-refractivity contribution is 0.0453. The summed E-state index contributed by atoms with van der Waals surface area (Å²) in [5.74, 6) is 0.419. The summed E-state index contributed by atoms with van der Waals surface area (Å²) in [7, 11) is 0. The highest BCUT2D eigenvalue weighted by molar-refractivity contribution is 5.24. The molecule has 0 aliphatic heterocycles. The highest BCUT2D eigenvalue weighted by Gasteiger charge is 2.02. The van der Waals surface area contributed by atoms with E-state index in [9.17, 15) is 0 Å². The van der Waals surface area contributed by atoms with Gasteiger partial charge in [0.1, 0.15) is 0 Å². The molecule has 1 aromatic carbocycles. The lowest BCUT2D eigenvalue weighted by atomic mass is 10.0. The Labute approximate surface area is 104 Å². The lowest BCUT2D eigenvalue weighted by Crippen LogP contribution is -2.09. The van der Waals surface area contributed by atoms with Crippen LogP contribution in [0.25, 0.3) is 0 Å². The van der Waals surface area contributed by atoms with Gasteiger partial charge in [-0.3, -0.25) is 0 Å². The van der Waals surface area contributed by atoms with Crippen LogP contribution in [0.3, 0.4) is 0 Å². The van der Waals surface area contributed by atoms with Crippen LogP contribution in [0.2, 0.25) is 0 Å². The van der Waals surface area contributed by atoms with Crippen LogP contribution in [0, 0.1) is 0 Å². The van der Waals surface area contributed by atoms with E-state index in [0.29, 0.717) is 32.3 Å². The van der Waals surface area contributed by atoms with Crippen LogP contribution in [0.1, 0.15) is 30.9 Å². The maximum absolute atomic E-state index is 5.63. The molecule has 0 heterocycles. The van der Waals surface area contributed by atoms with Crippen LogP contribution in [0.5, 0.6) is 0 Å². The lowest BCUT2D eigenvalue weighted by Gasteiger charge is -2.10. The topological polar surface area (TPSA) is 44.5 Å². The molecule has 0 amide bonds. The van der Waals surface area contributed by atoms with E-state index in [0.717, 1.165) is 6.61 Å². The maximum Gasteiger partial charge on any atom is 0.0718 e. The van der Waals surface area contributed by atoms with Gasteiger partial charge in [-0.15, -0.1) is 0 Å². The van der Waals surface area contributed by atoms with Crippen LogP contribution in [0.15, 0.2) is 24.3 Å². The summed E-state index contributed by atoms with van der Waals surface area (Å²) in [4.78, 5) is 0. The van der Waals surface area contributed by atoms with Gasteiger partial charge in [0.05, 0.1) is 19.8 Å². The zero-order valence-corrected chi connectivity index (χ0v) is 10.8. The fraction of sp³-hybridized carbons (Fsp3) is 0.571. The van der Waals surface area contributed by atoms with Crippen LogP contribution >= 0.6 is 0 Å². The molecule has 0 saturated carbocycles. The molecule has 3 nitrogen and oxygen atoms in total. The first-order valence-corrected chi connectivity index (χ1v) is 6.22. The van der Waals surface area contributed by atoms with E-state index in [4.69, 9.17) is 15.2 Å². The van der Waals surface area contributed by atoms with E-state index < -0.39 is 0 Å². The van der Waals surface area contributed by atoms with Crippen molar-refractivity contribution in [2.24, 2.45) is 5.73 Å². The Morgan fingerprint density at radius 2 is 1.76 bits per heavy atom. The maximum atomic E-state index is 5.63. The molecule has 17 heavy (non-hydrogen) atoms. The highest BCUT2D eigenvalue weighted by atomic mass is 16.5. The van der Waals surface area contributed by atoms with Crippen LogP contribution in [0.4, 0.5) is 0 Å². The standard InChI is InChI=1S/C14H23NO2/c1-3-16-8-9-17-11-13-4-6-14(7-5-13)12(2)10-15/h4-7,12H,3,8-11,15H2,1-2H3. The summed E-state index contributed by atoms with van der Waals surface area (Å²) >= 11 is 0. The van der Waals surface area contributed by atoms with Crippen molar-refractivity contribution in [3.05, 3.63) is 35.4 Å². The Morgan fingerprint density at radius 1 is 1.12 bits per heavy atom. The number of hydrogen-bond acceptors (Lipinski definition) is 3. The van der Waals surface area contributed by atoms with Gasteiger partial charge in [0, 0.05) is 6.61 Å². The third kappa shape index (κ3) is 5.31. The van der Waals surface area contributed by atoms with Crippen molar-refractivity contribution in [1.29, 1.82) is 0 Å². The van der Waals surface area contributed by atoms with E-state index in [2.05, 4.69) is 31.2 Å². The second-order valence-corrected chi connectivity index (χ2v) is 4.13. The van der Waals surface area contributed by atoms with E-state index in [1.807, 2.05) is 6.92 Å². The molecule has 3 heteroatoms. The third-order valence-corrected chi connectivity index (χ3v) is 2.75. The van der Waals surface area contributed by atoms with Crippen molar-refractivity contribution in [3.8, 4) is 0 Å². The van der Waals surface area contributed by atoms with Crippen LogP contribution in [-0.4, -0.2) is 26.4 Å². The van der Waals surface area contributed by atoms with Gasteiger partial charge in [0.2, 0.25) is 0 Å². The molecule has 0 saturated heterocycles. The highest BCUT2D eigenvalue weighted by Crippen LogP contribution is 2.14. The normalized spacial score (nSPS) is 12.6.